The normalized spacial score (nSPS) is 12.0. The second kappa shape index (κ2) is 8.84. The van der Waals surface area contributed by atoms with Crippen molar-refractivity contribution in [3.8, 4) is 0 Å². The largest absolute Gasteiger partial charge is 0.128 e. The number of hydrogen-bond donors (Lipinski definition) is 0. The van der Waals surface area contributed by atoms with Crippen LogP contribution in [0.3, 0.4) is 0 Å². The van der Waals surface area contributed by atoms with E-state index in [0.717, 1.165) is 0 Å². The van der Waals surface area contributed by atoms with E-state index in [4.69, 9.17) is 12.1 Å². The van der Waals surface area contributed by atoms with Gasteiger partial charge < -0.3 is 0 Å². The average Bonchev–Trinajstić information content (AvgIpc) is 2.08. The highest BCUT2D eigenvalue weighted by molar-refractivity contribution is 8.14. The summed E-state index contributed by atoms with van der Waals surface area (Å²) in [5.41, 5.74) is 0. The Hall–Kier alpha value is 0.567. The van der Waals surface area contributed by atoms with Crippen LogP contribution in [0, 0.1) is 0 Å². The Kier molecular flexibility index (Phi) is 9.20. The van der Waals surface area contributed by atoms with Crippen LogP contribution in [0.4, 0.5) is 0 Å². The van der Waals surface area contributed by atoms with Gasteiger partial charge in [0.05, 0.1) is 0 Å². The van der Waals surface area contributed by atoms with Crippen LogP contribution in [0.25, 0.3) is 0 Å². The van der Waals surface area contributed by atoms with Crippen LogP contribution in [0.15, 0.2) is 0 Å². The van der Waals surface area contributed by atoms with Crippen molar-refractivity contribution in [2.45, 2.75) is 77.4 Å². The molecular weight excluding hydrogens is 204 g/mol. The molecule has 0 unspecified atom stereocenters. The molecular formula is C12H27SSi. The molecule has 0 rings (SSSR count). The molecule has 0 aliphatic heterocycles. The standard InChI is InChI=1S/C12H27SSi/c1-4-5-6-7-8-9-10-11-12-14(2,3)13/h4-12H2,1-3H3. The average molecular weight is 232 g/mol. The van der Waals surface area contributed by atoms with Crippen LogP contribution in [0.2, 0.25) is 19.1 Å². The lowest BCUT2D eigenvalue weighted by Crippen LogP contribution is -2.15. The van der Waals surface area contributed by atoms with E-state index in [0.29, 0.717) is 0 Å². The lowest BCUT2D eigenvalue weighted by molar-refractivity contribution is 0.584. The van der Waals surface area contributed by atoms with Crippen LogP contribution < -0.4 is 0 Å². The Labute approximate surface area is 96.9 Å². The van der Waals surface area contributed by atoms with Gasteiger partial charge in [0.15, 0.2) is 0 Å². The lowest BCUT2D eigenvalue weighted by atomic mass is 10.1. The first-order valence-corrected chi connectivity index (χ1v) is 10.6. The highest BCUT2D eigenvalue weighted by atomic mass is 32.3. The molecule has 0 aliphatic carbocycles. The van der Waals surface area contributed by atoms with Crippen LogP contribution in [-0.2, 0) is 0 Å². The summed E-state index contributed by atoms with van der Waals surface area (Å²) in [6.07, 6.45) is 11.3. The zero-order valence-electron chi connectivity index (χ0n) is 10.3. The van der Waals surface area contributed by atoms with Gasteiger partial charge in [0.2, 0.25) is 0 Å². The summed E-state index contributed by atoms with van der Waals surface area (Å²) in [6, 6.07) is 1.34. The minimum atomic E-state index is -1.16. The van der Waals surface area contributed by atoms with Gasteiger partial charge in [-0.25, -0.2) is 0 Å². The van der Waals surface area contributed by atoms with Crippen molar-refractivity contribution in [2.24, 2.45) is 0 Å². The molecule has 1 radical (unpaired) electrons. The smallest absolute Gasteiger partial charge is 0.124 e. The van der Waals surface area contributed by atoms with Gasteiger partial charge in [0.1, 0.15) is 7.22 Å². The highest BCUT2D eigenvalue weighted by Gasteiger charge is 2.14. The number of unbranched alkanes of at least 4 members (excludes halogenated alkanes) is 7. The summed E-state index contributed by atoms with van der Waals surface area (Å²) in [5.74, 6) is 0. The van der Waals surface area contributed by atoms with Crippen molar-refractivity contribution in [2.75, 3.05) is 0 Å². The summed E-state index contributed by atoms with van der Waals surface area (Å²) < 4.78 is 0. The monoisotopic (exact) mass is 231 g/mol. The Morgan fingerprint density at radius 2 is 1.21 bits per heavy atom. The Balaban J connectivity index is 2.99. The molecule has 0 fully saturated rings. The van der Waals surface area contributed by atoms with Crippen molar-refractivity contribution in [1.29, 1.82) is 0 Å². The molecule has 0 amide bonds. The summed E-state index contributed by atoms with van der Waals surface area (Å²) in [6.45, 7) is 6.86. The third-order valence-electron chi connectivity index (χ3n) is 2.63. The zero-order valence-corrected chi connectivity index (χ0v) is 12.1. The summed E-state index contributed by atoms with van der Waals surface area (Å²) in [5, 5.41) is 0. The minimum absolute atomic E-state index is 1.16. The first kappa shape index (κ1) is 14.6. The van der Waals surface area contributed by atoms with Gasteiger partial charge >= 0.3 is 0 Å². The minimum Gasteiger partial charge on any atom is -0.128 e. The first-order valence-electron chi connectivity index (χ1n) is 6.26. The van der Waals surface area contributed by atoms with Gasteiger partial charge in [-0.2, -0.15) is 0 Å². The molecule has 0 aromatic rings. The fraction of sp³-hybridized carbons (Fsp3) is 1.00. The van der Waals surface area contributed by atoms with Gasteiger partial charge in [-0.1, -0.05) is 71.4 Å². The predicted octanol–water partition coefficient (Wildman–Crippen LogP) is 5.53. The summed E-state index contributed by atoms with van der Waals surface area (Å²) in [7, 11) is -1.16. The molecule has 0 aliphatic rings. The molecule has 0 spiro atoms. The molecule has 0 saturated carbocycles. The molecule has 0 heterocycles. The van der Waals surface area contributed by atoms with E-state index < -0.39 is 7.22 Å². The van der Waals surface area contributed by atoms with E-state index in [2.05, 4.69) is 20.0 Å². The maximum Gasteiger partial charge on any atom is 0.124 e. The van der Waals surface area contributed by atoms with Crippen molar-refractivity contribution in [3.05, 3.63) is 0 Å². The van der Waals surface area contributed by atoms with Crippen LogP contribution in [0.1, 0.15) is 58.3 Å². The fourth-order valence-corrected chi connectivity index (χ4v) is 3.22. The second-order valence-electron chi connectivity index (χ2n) is 4.98. The SMILES string of the molecule is CCCCCCCCCC[Si](C)(C)[S]. The molecule has 0 aromatic carbocycles. The molecule has 0 nitrogen and oxygen atoms in total. The van der Waals surface area contributed by atoms with E-state index in [9.17, 15) is 0 Å². The Morgan fingerprint density at radius 1 is 0.786 bits per heavy atom. The summed E-state index contributed by atoms with van der Waals surface area (Å²) in [4.78, 5) is 0. The summed E-state index contributed by atoms with van der Waals surface area (Å²) >= 11 is 5.46. The van der Waals surface area contributed by atoms with Crippen molar-refractivity contribution < 1.29 is 0 Å². The van der Waals surface area contributed by atoms with Gasteiger partial charge in [-0.05, 0) is 6.04 Å². The number of hydrogen-bond acceptors (Lipinski definition) is 0. The van der Waals surface area contributed by atoms with E-state index in [1.165, 1.54) is 57.4 Å². The third-order valence-corrected chi connectivity index (χ3v) is 4.80. The maximum absolute atomic E-state index is 5.46. The van der Waals surface area contributed by atoms with E-state index in [1.807, 2.05) is 0 Å². The molecule has 0 N–H and O–H groups in total. The number of rotatable bonds is 9. The van der Waals surface area contributed by atoms with Gasteiger partial charge in [0, 0.05) is 0 Å². The van der Waals surface area contributed by atoms with Gasteiger partial charge in [-0.15, -0.1) is 12.1 Å². The highest BCUT2D eigenvalue weighted by Crippen LogP contribution is 2.18. The molecule has 0 atom stereocenters. The van der Waals surface area contributed by atoms with Crippen LogP contribution in [0.5, 0.6) is 0 Å². The molecule has 0 bridgehead atoms. The molecule has 85 valence electrons. The predicted molar refractivity (Wildman–Crippen MR) is 72.5 cm³/mol. The van der Waals surface area contributed by atoms with E-state index in [-0.39, 0.29) is 0 Å². The lowest BCUT2D eigenvalue weighted by Gasteiger charge is -2.12. The Morgan fingerprint density at radius 3 is 1.64 bits per heavy atom. The van der Waals surface area contributed by atoms with Crippen molar-refractivity contribution in [3.63, 3.8) is 0 Å². The van der Waals surface area contributed by atoms with E-state index in [1.54, 1.807) is 0 Å². The maximum atomic E-state index is 5.46. The fourth-order valence-electron chi connectivity index (χ4n) is 1.68. The zero-order chi connectivity index (χ0) is 10.9. The molecule has 14 heavy (non-hydrogen) atoms. The third kappa shape index (κ3) is 12.6. The van der Waals surface area contributed by atoms with Crippen molar-refractivity contribution in [1.82, 2.24) is 0 Å². The van der Waals surface area contributed by atoms with Crippen molar-refractivity contribution >= 4 is 19.3 Å². The van der Waals surface area contributed by atoms with Gasteiger partial charge in [-0.3, -0.25) is 0 Å². The van der Waals surface area contributed by atoms with Crippen LogP contribution in [-0.4, -0.2) is 7.22 Å². The quantitative estimate of drug-likeness (QED) is 0.361. The molecule has 0 aromatic heterocycles. The van der Waals surface area contributed by atoms with Crippen LogP contribution >= 0.6 is 12.1 Å². The van der Waals surface area contributed by atoms with Gasteiger partial charge in [0.25, 0.3) is 0 Å². The van der Waals surface area contributed by atoms with E-state index >= 15 is 0 Å². The second-order valence-corrected chi connectivity index (χ2v) is 12.3. The topological polar surface area (TPSA) is 0 Å². The first-order chi connectivity index (χ1) is 6.56. The molecule has 2 heteroatoms. The molecule has 0 saturated heterocycles. The Bertz CT molecular complexity index is 118.